The number of nitrogens with one attached hydrogen (secondary N) is 3. The maximum atomic E-state index is 13.5. The first kappa shape index (κ1) is 22.2. The van der Waals surface area contributed by atoms with Gasteiger partial charge in [0.2, 0.25) is 15.9 Å². The molecule has 1 fully saturated rings. The van der Waals surface area contributed by atoms with Crippen molar-refractivity contribution in [2.45, 2.75) is 44.6 Å². The molecule has 3 rings (SSSR count). The summed E-state index contributed by atoms with van der Waals surface area (Å²) in [5.41, 5.74) is 8.06. The van der Waals surface area contributed by atoms with Crippen molar-refractivity contribution in [3.05, 3.63) is 65.5 Å². The van der Waals surface area contributed by atoms with E-state index in [2.05, 4.69) is 16.2 Å². The molecule has 9 heteroatoms. The Bertz CT molecular complexity index is 970. The predicted molar refractivity (Wildman–Crippen MR) is 115 cm³/mol. The molecule has 2 aromatic rings. The van der Waals surface area contributed by atoms with Crippen LogP contribution in [-0.4, -0.2) is 38.2 Å². The second-order valence-electron chi connectivity index (χ2n) is 7.62. The SMILES string of the molecule is Cc1ccc(N(CC(=O)NCc2ccc(F)cc2)S(=O)(=O)C2C(C)NNC2C)cc1. The Labute approximate surface area is 176 Å². The number of amides is 1. The monoisotopic (exact) mass is 434 g/mol. The Kier molecular flexibility index (Phi) is 6.74. The van der Waals surface area contributed by atoms with Crippen molar-refractivity contribution in [1.29, 1.82) is 0 Å². The zero-order valence-corrected chi connectivity index (χ0v) is 18.0. The number of aryl methyl sites for hydroxylation is 1. The number of anilines is 1. The zero-order valence-electron chi connectivity index (χ0n) is 17.2. The highest BCUT2D eigenvalue weighted by Gasteiger charge is 2.44. The third kappa shape index (κ3) is 4.97. The number of nitrogens with zero attached hydrogens (tertiary/aromatic N) is 1. The van der Waals surface area contributed by atoms with E-state index in [-0.39, 0.29) is 31.0 Å². The molecule has 2 unspecified atom stereocenters. The lowest BCUT2D eigenvalue weighted by Gasteiger charge is -2.30. The zero-order chi connectivity index (χ0) is 21.9. The summed E-state index contributed by atoms with van der Waals surface area (Å²) in [6, 6.07) is 12.2. The van der Waals surface area contributed by atoms with E-state index in [0.717, 1.165) is 11.1 Å². The smallest absolute Gasteiger partial charge is 0.241 e. The molecule has 162 valence electrons. The molecule has 30 heavy (non-hydrogen) atoms. The fourth-order valence-corrected chi connectivity index (χ4v) is 5.73. The molecular weight excluding hydrogens is 407 g/mol. The number of carbonyl (C=O) groups excluding carboxylic acids is 1. The molecule has 1 amide bonds. The minimum Gasteiger partial charge on any atom is -0.350 e. The van der Waals surface area contributed by atoms with E-state index in [1.54, 1.807) is 38.1 Å². The summed E-state index contributed by atoms with van der Waals surface area (Å²) in [7, 11) is -3.85. The quantitative estimate of drug-likeness (QED) is 0.619. The van der Waals surface area contributed by atoms with E-state index in [9.17, 15) is 17.6 Å². The summed E-state index contributed by atoms with van der Waals surface area (Å²) in [4.78, 5) is 12.6. The summed E-state index contributed by atoms with van der Waals surface area (Å²) >= 11 is 0. The fraction of sp³-hybridized carbons (Fsp3) is 0.381. The van der Waals surface area contributed by atoms with Crippen LogP contribution in [0.5, 0.6) is 0 Å². The van der Waals surface area contributed by atoms with Gasteiger partial charge in [-0.2, -0.15) is 0 Å². The molecule has 1 aliphatic rings. The Hall–Kier alpha value is -2.49. The van der Waals surface area contributed by atoms with Crippen LogP contribution in [0, 0.1) is 12.7 Å². The Morgan fingerprint density at radius 2 is 1.60 bits per heavy atom. The van der Waals surface area contributed by atoms with Gasteiger partial charge in [0.1, 0.15) is 17.6 Å². The number of sulfonamides is 1. The van der Waals surface area contributed by atoms with Gasteiger partial charge in [0.05, 0.1) is 5.69 Å². The van der Waals surface area contributed by atoms with Crippen molar-refractivity contribution in [3.63, 3.8) is 0 Å². The van der Waals surface area contributed by atoms with Crippen molar-refractivity contribution in [3.8, 4) is 0 Å². The highest BCUT2D eigenvalue weighted by Crippen LogP contribution is 2.26. The summed E-state index contributed by atoms with van der Waals surface area (Å²) in [5.74, 6) is -0.800. The minimum absolute atomic E-state index is 0.181. The lowest BCUT2D eigenvalue weighted by atomic mass is 10.2. The van der Waals surface area contributed by atoms with E-state index in [1.807, 2.05) is 19.1 Å². The van der Waals surface area contributed by atoms with Crippen molar-refractivity contribution < 1.29 is 17.6 Å². The number of rotatable bonds is 7. The van der Waals surface area contributed by atoms with Gasteiger partial charge in [-0.25, -0.2) is 12.8 Å². The second-order valence-corrected chi connectivity index (χ2v) is 9.64. The van der Waals surface area contributed by atoms with Crippen LogP contribution in [0.25, 0.3) is 0 Å². The molecule has 3 N–H and O–H groups in total. The van der Waals surface area contributed by atoms with Gasteiger partial charge in [0.25, 0.3) is 0 Å². The molecule has 0 spiro atoms. The predicted octanol–water partition coefficient (Wildman–Crippen LogP) is 1.84. The minimum atomic E-state index is -3.85. The molecule has 7 nitrogen and oxygen atoms in total. The van der Waals surface area contributed by atoms with Crippen LogP contribution in [0.4, 0.5) is 10.1 Å². The lowest BCUT2D eigenvalue weighted by molar-refractivity contribution is -0.119. The summed E-state index contributed by atoms with van der Waals surface area (Å²) in [6.45, 7) is 5.33. The molecule has 2 atom stereocenters. The molecule has 0 aliphatic carbocycles. The van der Waals surface area contributed by atoms with Gasteiger partial charge in [0.15, 0.2) is 0 Å². The highest BCUT2D eigenvalue weighted by molar-refractivity contribution is 7.93. The van der Waals surface area contributed by atoms with Crippen LogP contribution in [-0.2, 0) is 21.4 Å². The van der Waals surface area contributed by atoms with Gasteiger partial charge in [-0.3, -0.25) is 20.0 Å². The van der Waals surface area contributed by atoms with Crippen molar-refractivity contribution in [2.75, 3.05) is 10.8 Å². The molecule has 0 radical (unpaired) electrons. The molecule has 1 heterocycles. The van der Waals surface area contributed by atoms with Crippen LogP contribution < -0.4 is 20.5 Å². The summed E-state index contributed by atoms with van der Waals surface area (Å²) in [6.07, 6.45) is 0. The number of hydrogen-bond donors (Lipinski definition) is 3. The van der Waals surface area contributed by atoms with Gasteiger partial charge in [-0.1, -0.05) is 29.8 Å². The van der Waals surface area contributed by atoms with Crippen LogP contribution in [0.3, 0.4) is 0 Å². The van der Waals surface area contributed by atoms with Gasteiger partial charge in [-0.15, -0.1) is 0 Å². The van der Waals surface area contributed by atoms with Crippen LogP contribution in [0.15, 0.2) is 48.5 Å². The van der Waals surface area contributed by atoms with E-state index < -0.39 is 21.2 Å². The molecule has 0 bridgehead atoms. The largest absolute Gasteiger partial charge is 0.350 e. The maximum Gasteiger partial charge on any atom is 0.241 e. The van der Waals surface area contributed by atoms with Crippen LogP contribution in [0.1, 0.15) is 25.0 Å². The van der Waals surface area contributed by atoms with Crippen molar-refractivity contribution >= 4 is 21.6 Å². The van der Waals surface area contributed by atoms with Crippen molar-refractivity contribution in [2.24, 2.45) is 0 Å². The Morgan fingerprint density at radius 3 is 2.17 bits per heavy atom. The molecular formula is C21H27FN4O3S. The number of halogens is 1. The van der Waals surface area contributed by atoms with E-state index >= 15 is 0 Å². The maximum absolute atomic E-state index is 13.5. The molecule has 0 aromatic heterocycles. The number of hydrazine groups is 1. The third-order valence-corrected chi connectivity index (χ3v) is 7.65. The Balaban J connectivity index is 1.81. The number of hydrogen-bond acceptors (Lipinski definition) is 5. The average molecular weight is 435 g/mol. The van der Waals surface area contributed by atoms with E-state index in [1.165, 1.54) is 16.4 Å². The number of carbonyl (C=O) groups is 1. The summed E-state index contributed by atoms with van der Waals surface area (Å²) < 4.78 is 41.2. The third-order valence-electron chi connectivity index (χ3n) is 5.19. The van der Waals surface area contributed by atoms with Gasteiger partial charge >= 0.3 is 0 Å². The summed E-state index contributed by atoms with van der Waals surface area (Å²) in [5, 5.41) is 1.98. The first-order chi connectivity index (χ1) is 14.2. The number of benzene rings is 2. The highest BCUT2D eigenvalue weighted by atomic mass is 32.2. The topological polar surface area (TPSA) is 90.5 Å². The first-order valence-electron chi connectivity index (χ1n) is 9.79. The fourth-order valence-electron chi connectivity index (χ4n) is 3.55. The molecule has 0 saturated carbocycles. The average Bonchev–Trinajstić information content (AvgIpc) is 3.05. The van der Waals surface area contributed by atoms with Crippen LogP contribution >= 0.6 is 0 Å². The van der Waals surface area contributed by atoms with Gasteiger partial charge in [-0.05, 0) is 50.6 Å². The van der Waals surface area contributed by atoms with E-state index in [4.69, 9.17) is 0 Å². The van der Waals surface area contributed by atoms with E-state index in [0.29, 0.717) is 5.69 Å². The first-order valence-corrected chi connectivity index (χ1v) is 11.3. The lowest BCUT2D eigenvalue weighted by Crippen LogP contribution is -2.50. The van der Waals surface area contributed by atoms with Gasteiger partial charge < -0.3 is 5.32 Å². The van der Waals surface area contributed by atoms with Crippen molar-refractivity contribution in [1.82, 2.24) is 16.2 Å². The molecule has 1 saturated heterocycles. The molecule has 1 aliphatic heterocycles. The van der Waals surface area contributed by atoms with Gasteiger partial charge in [0, 0.05) is 18.6 Å². The molecule has 2 aromatic carbocycles. The second kappa shape index (κ2) is 9.11. The normalized spacial score (nSPS) is 21.4. The Morgan fingerprint density at radius 1 is 1.03 bits per heavy atom. The van der Waals surface area contributed by atoms with Crippen LogP contribution in [0.2, 0.25) is 0 Å². The standard InChI is InChI=1S/C21H27FN4O3S/c1-14-4-10-19(11-5-14)26(30(28,29)21-15(2)24-25-16(21)3)13-20(27)23-12-17-6-8-18(22)9-7-17/h4-11,15-16,21,24-25H,12-13H2,1-3H3,(H,23,27).